The van der Waals surface area contributed by atoms with Crippen LogP contribution in [0.3, 0.4) is 0 Å². The number of fused-ring (bicyclic) bond motifs is 1. The fourth-order valence-corrected chi connectivity index (χ4v) is 3.94. The lowest BCUT2D eigenvalue weighted by Gasteiger charge is -2.16. The molecule has 1 aromatic heterocycles. The standard InChI is InChI=1S/C19H17ClN4O2S/c1-26-16-7-6-13(20)10-14(16)18-21-19(23-22-18)27-11-17(25)24-9-8-12-4-2-3-5-15(12)24/h2-7,10H,8-9,11H2,1H3,(H,21,22,23). The van der Waals surface area contributed by atoms with Gasteiger partial charge in [-0.2, -0.15) is 0 Å². The molecule has 8 heteroatoms. The number of nitrogens with zero attached hydrogens (tertiary/aromatic N) is 3. The van der Waals surface area contributed by atoms with Gasteiger partial charge in [0.15, 0.2) is 5.82 Å². The predicted molar refractivity (Wildman–Crippen MR) is 107 cm³/mol. The van der Waals surface area contributed by atoms with Crippen LogP contribution in [-0.4, -0.2) is 40.5 Å². The molecule has 0 aliphatic carbocycles. The van der Waals surface area contributed by atoms with E-state index in [0.717, 1.165) is 24.2 Å². The van der Waals surface area contributed by atoms with Crippen molar-refractivity contribution in [1.29, 1.82) is 0 Å². The molecular weight excluding hydrogens is 384 g/mol. The van der Waals surface area contributed by atoms with E-state index < -0.39 is 0 Å². The minimum Gasteiger partial charge on any atom is -0.496 e. The van der Waals surface area contributed by atoms with E-state index in [1.165, 1.54) is 17.3 Å². The summed E-state index contributed by atoms with van der Waals surface area (Å²) in [4.78, 5) is 18.9. The summed E-state index contributed by atoms with van der Waals surface area (Å²) in [7, 11) is 1.59. The van der Waals surface area contributed by atoms with E-state index in [1.54, 1.807) is 25.3 Å². The highest BCUT2D eigenvalue weighted by Crippen LogP contribution is 2.32. The summed E-state index contributed by atoms with van der Waals surface area (Å²) in [5, 5.41) is 8.18. The van der Waals surface area contributed by atoms with Crippen LogP contribution in [0, 0.1) is 0 Å². The Bertz CT molecular complexity index is 991. The Hall–Kier alpha value is -2.51. The largest absolute Gasteiger partial charge is 0.496 e. The summed E-state index contributed by atoms with van der Waals surface area (Å²) in [6, 6.07) is 13.3. The van der Waals surface area contributed by atoms with Crippen LogP contribution in [0.5, 0.6) is 5.75 Å². The number of rotatable bonds is 5. The summed E-state index contributed by atoms with van der Waals surface area (Å²) < 4.78 is 5.35. The van der Waals surface area contributed by atoms with Crippen molar-refractivity contribution in [1.82, 2.24) is 15.2 Å². The summed E-state index contributed by atoms with van der Waals surface area (Å²) >= 11 is 7.38. The third kappa shape index (κ3) is 3.65. The van der Waals surface area contributed by atoms with Crippen molar-refractivity contribution < 1.29 is 9.53 Å². The van der Waals surface area contributed by atoms with Crippen molar-refractivity contribution in [2.45, 2.75) is 11.6 Å². The molecule has 1 aliphatic rings. The van der Waals surface area contributed by atoms with Crippen molar-refractivity contribution in [3.63, 3.8) is 0 Å². The van der Waals surface area contributed by atoms with Crippen LogP contribution in [0.25, 0.3) is 11.4 Å². The van der Waals surface area contributed by atoms with Crippen LogP contribution in [0.2, 0.25) is 5.02 Å². The molecule has 0 saturated carbocycles. The molecule has 6 nitrogen and oxygen atoms in total. The number of H-pyrrole nitrogens is 1. The third-order valence-electron chi connectivity index (χ3n) is 4.39. The van der Waals surface area contributed by atoms with Crippen LogP contribution in [-0.2, 0) is 11.2 Å². The van der Waals surface area contributed by atoms with E-state index in [2.05, 4.69) is 21.2 Å². The maximum atomic E-state index is 12.6. The molecule has 0 unspecified atom stereocenters. The molecule has 3 aromatic rings. The van der Waals surface area contributed by atoms with Gasteiger partial charge in [-0.1, -0.05) is 41.6 Å². The van der Waals surface area contributed by atoms with Gasteiger partial charge in [0, 0.05) is 17.3 Å². The molecule has 27 heavy (non-hydrogen) atoms. The van der Waals surface area contributed by atoms with E-state index in [0.29, 0.717) is 21.8 Å². The number of carbonyl (C=O) groups is 1. The monoisotopic (exact) mass is 400 g/mol. The van der Waals surface area contributed by atoms with E-state index in [9.17, 15) is 4.79 Å². The molecule has 1 amide bonds. The lowest BCUT2D eigenvalue weighted by molar-refractivity contribution is -0.116. The number of anilines is 1. The van der Waals surface area contributed by atoms with Crippen LogP contribution < -0.4 is 9.64 Å². The van der Waals surface area contributed by atoms with E-state index in [-0.39, 0.29) is 11.7 Å². The van der Waals surface area contributed by atoms with Crippen molar-refractivity contribution in [3.8, 4) is 17.1 Å². The molecule has 0 bridgehead atoms. The first-order chi connectivity index (χ1) is 13.2. The number of benzene rings is 2. The zero-order valence-corrected chi connectivity index (χ0v) is 16.2. The Morgan fingerprint density at radius 3 is 3.04 bits per heavy atom. The molecule has 0 spiro atoms. The van der Waals surface area contributed by atoms with Gasteiger partial charge in [0.1, 0.15) is 5.75 Å². The number of nitrogens with one attached hydrogen (secondary N) is 1. The lowest BCUT2D eigenvalue weighted by Crippen LogP contribution is -2.30. The summed E-state index contributed by atoms with van der Waals surface area (Å²) in [6.45, 7) is 0.720. The quantitative estimate of drug-likeness (QED) is 0.659. The molecule has 2 aromatic carbocycles. The molecule has 138 valence electrons. The molecule has 2 heterocycles. The number of hydrogen-bond donors (Lipinski definition) is 1. The molecule has 0 atom stereocenters. The Morgan fingerprint density at radius 1 is 1.33 bits per heavy atom. The van der Waals surface area contributed by atoms with Gasteiger partial charge in [0.05, 0.1) is 18.4 Å². The summed E-state index contributed by atoms with van der Waals surface area (Å²) in [5.74, 6) is 1.53. The Kier molecular flexibility index (Phi) is 5.05. The molecule has 0 radical (unpaired) electrons. The van der Waals surface area contributed by atoms with Gasteiger partial charge in [-0.25, -0.2) is 4.98 Å². The molecule has 0 saturated heterocycles. The van der Waals surface area contributed by atoms with E-state index in [4.69, 9.17) is 16.3 Å². The molecule has 4 rings (SSSR count). The maximum Gasteiger partial charge on any atom is 0.237 e. The van der Waals surface area contributed by atoms with Crippen LogP contribution in [0.4, 0.5) is 5.69 Å². The van der Waals surface area contributed by atoms with E-state index >= 15 is 0 Å². The Balaban J connectivity index is 1.45. The molecule has 1 aliphatic heterocycles. The van der Waals surface area contributed by atoms with Gasteiger partial charge in [0.25, 0.3) is 0 Å². The summed E-state index contributed by atoms with van der Waals surface area (Å²) in [6.07, 6.45) is 0.895. The van der Waals surface area contributed by atoms with E-state index in [1.807, 2.05) is 23.1 Å². The number of aromatic amines is 1. The van der Waals surface area contributed by atoms with Gasteiger partial charge in [-0.15, -0.1) is 5.10 Å². The summed E-state index contributed by atoms with van der Waals surface area (Å²) in [5.41, 5.74) is 2.94. The fourth-order valence-electron chi connectivity index (χ4n) is 3.10. The fraction of sp³-hybridized carbons (Fsp3) is 0.211. The van der Waals surface area contributed by atoms with Gasteiger partial charge < -0.3 is 9.64 Å². The minimum atomic E-state index is 0.0524. The van der Waals surface area contributed by atoms with Gasteiger partial charge >= 0.3 is 0 Å². The topological polar surface area (TPSA) is 71.1 Å². The van der Waals surface area contributed by atoms with Crippen LogP contribution >= 0.6 is 23.4 Å². The highest BCUT2D eigenvalue weighted by Gasteiger charge is 2.24. The number of carbonyl (C=O) groups excluding carboxylic acids is 1. The van der Waals surface area contributed by atoms with Crippen molar-refractivity contribution in [2.75, 3.05) is 24.3 Å². The first-order valence-corrected chi connectivity index (χ1v) is 9.79. The number of halogens is 1. The second-order valence-corrected chi connectivity index (χ2v) is 7.40. The number of thioether (sulfide) groups is 1. The highest BCUT2D eigenvalue weighted by atomic mass is 35.5. The number of aromatic nitrogens is 3. The van der Waals surface area contributed by atoms with Crippen molar-refractivity contribution in [2.24, 2.45) is 0 Å². The number of hydrogen-bond acceptors (Lipinski definition) is 5. The average Bonchev–Trinajstić information content (AvgIpc) is 3.33. The number of amides is 1. The number of methoxy groups -OCH3 is 1. The molecular formula is C19H17ClN4O2S. The normalized spacial score (nSPS) is 12.9. The number of para-hydroxylation sites is 1. The molecule has 1 N–H and O–H groups in total. The lowest BCUT2D eigenvalue weighted by atomic mass is 10.2. The zero-order chi connectivity index (χ0) is 18.8. The number of ether oxygens (including phenoxy) is 1. The molecule has 0 fully saturated rings. The van der Waals surface area contributed by atoms with Crippen LogP contribution in [0.15, 0.2) is 47.6 Å². The van der Waals surface area contributed by atoms with Gasteiger partial charge in [-0.3, -0.25) is 9.89 Å². The predicted octanol–water partition coefficient (Wildman–Crippen LogP) is 3.82. The SMILES string of the molecule is COc1ccc(Cl)cc1-c1nc(SCC(=O)N2CCc3ccccc32)n[nH]1. The van der Waals surface area contributed by atoms with Gasteiger partial charge in [0.2, 0.25) is 11.1 Å². The van der Waals surface area contributed by atoms with Crippen molar-refractivity contribution in [3.05, 3.63) is 53.1 Å². The zero-order valence-electron chi connectivity index (χ0n) is 14.6. The van der Waals surface area contributed by atoms with Crippen molar-refractivity contribution >= 4 is 35.0 Å². The van der Waals surface area contributed by atoms with Crippen LogP contribution in [0.1, 0.15) is 5.56 Å². The first kappa shape index (κ1) is 17.9. The maximum absolute atomic E-state index is 12.6. The second-order valence-electron chi connectivity index (χ2n) is 6.02. The smallest absolute Gasteiger partial charge is 0.237 e. The second kappa shape index (κ2) is 7.62. The highest BCUT2D eigenvalue weighted by molar-refractivity contribution is 7.99. The average molecular weight is 401 g/mol. The van der Waals surface area contributed by atoms with Gasteiger partial charge in [-0.05, 0) is 36.2 Å². The third-order valence-corrected chi connectivity index (χ3v) is 5.46. The minimum absolute atomic E-state index is 0.0524. The Labute approximate surface area is 165 Å². The Morgan fingerprint density at radius 2 is 2.19 bits per heavy atom. The first-order valence-electron chi connectivity index (χ1n) is 8.43.